The van der Waals surface area contributed by atoms with E-state index in [0.29, 0.717) is 18.6 Å². The highest BCUT2D eigenvalue weighted by Gasteiger charge is 2.64. The highest BCUT2D eigenvalue weighted by atomic mass is 19.1. The third-order valence-corrected chi connectivity index (χ3v) is 4.92. The Balaban J connectivity index is 2.16. The second-order valence-electron chi connectivity index (χ2n) is 6.80. The Morgan fingerprint density at radius 1 is 1.40 bits per heavy atom. The molecule has 2 N–H and O–H groups in total. The SMILES string of the molecule is CC(C)/C(=N\O)C1(C(O)(Cn2cncn2)c2ccc(F)cc2F)CC1. The molecule has 1 fully saturated rings. The van der Waals surface area contributed by atoms with Crippen LogP contribution >= 0.6 is 0 Å². The van der Waals surface area contributed by atoms with Crippen molar-refractivity contribution in [1.82, 2.24) is 14.8 Å². The van der Waals surface area contributed by atoms with E-state index < -0.39 is 22.7 Å². The van der Waals surface area contributed by atoms with E-state index in [9.17, 15) is 19.1 Å². The molecule has 6 nitrogen and oxygen atoms in total. The van der Waals surface area contributed by atoms with Crippen LogP contribution in [0.1, 0.15) is 32.3 Å². The van der Waals surface area contributed by atoms with Gasteiger partial charge in [-0.2, -0.15) is 5.10 Å². The second-order valence-corrected chi connectivity index (χ2v) is 6.80. The summed E-state index contributed by atoms with van der Waals surface area (Å²) in [6, 6.07) is 3.08. The van der Waals surface area contributed by atoms with E-state index in [1.807, 2.05) is 13.8 Å². The standard InChI is InChI=1S/C17H20F2N4O2/c1-11(2)15(22-25)16(5-6-16)17(24,8-23-10-20-9-21-23)13-4-3-12(18)7-14(13)19/h3-4,7,9-11,24-25H,5-6,8H2,1-2H3/b22-15+. The van der Waals surface area contributed by atoms with E-state index in [2.05, 4.69) is 15.2 Å². The highest BCUT2D eigenvalue weighted by molar-refractivity contribution is 5.95. The van der Waals surface area contributed by atoms with Gasteiger partial charge in [0.05, 0.1) is 12.3 Å². The largest absolute Gasteiger partial charge is 0.411 e. The zero-order chi connectivity index (χ0) is 18.2. The van der Waals surface area contributed by atoms with Crippen LogP contribution in [0.25, 0.3) is 0 Å². The molecule has 0 saturated heterocycles. The fraction of sp³-hybridized carbons (Fsp3) is 0.471. The molecule has 3 rings (SSSR count). The molecule has 0 spiro atoms. The minimum absolute atomic E-state index is 0.0521. The summed E-state index contributed by atoms with van der Waals surface area (Å²) in [5.41, 5.74) is -2.37. The molecular formula is C17H20F2N4O2. The third-order valence-electron chi connectivity index (χ3n) is 4.92. The Bertz CT molecular complexity index is 788. The van der Waals surface area contributed by atoms with Crippen molar-refractivity contribution in [3.63, 3.8) is 0 Å². The maximum atomic E-state index is 14.6. The lowest BCUT2D eigenvalue weighted by atomic mass is 9.72. The molecule has 1 aromatic heterocycles. The maximum absolute atomic E-state index is 14.6. The first-order chi connectivity index (χ1) is 11.8. The van der Waals surface area contributed by atoms with Crippen molar-refractivity contribution in [1.29, 1.82) is 0 Å². The summed E-state index contributed by atoms with van der Waals surface area (Å²) in [7, 11) is 0. The Hall–Kier alpha value is -2.35. The number of hydrogen-bond donors (Lipinski definition) is 2. The zero-order valence-corrected chi connectivity index (χ0v) is 14.0. The van der Waals surface area contributed by atoms with E-state index in [0.717, 1.165) is 12.1 Å². The van der Waals surface area contributed by atoms with E-state index in [-0.39, 0.29) is 18.0 Å². The summed E-state index contributed by atoms with van der Waals surface area (Å²) in [5.74, 6) is -1.73. The summed E-state index contributed by atoms with van der Waals surface area (Å²) >= 11 is 0. The van der Waals surface area contributed by atoms with Crippen molar-refractivity contribution in [2.45, 2.75) is 38.8 Å². The number of aromatic nitrogens is 3. The van der Waals surface area contributed by atoms with Crippen molar-refractivity contribution in [3.8, 4) is 0 Å². The molecule has 134 valence electrons. The molecule has 1 aliphatic rings. The van der Waals surface area contributed by atoms with Crippen LogP contribution in [0.15, 0.2) is 36.0 Å². The van der Waals surface area contributed by atoms with Gasteiger partial charge in [0.15, 0.2) is 0 Å². The summed E-state index contributed by atoms with van der Waals surface area (Å²) in [5, 5.41) is 28.5. The van der Waals surface area contributed by atoms with Gasteiger partial charge in [0.1, 0.15) is 29.9 Å². The van der Waals surface area contributed by atoms with Crippen LogP contribution in [0.5, 0.6) is 0 Å². The van der Waals surface area contributed by atoms with Gasteiger partial charge < -0.3 is 10.3 Å². The lowest BCUT2D eigenvalue weighted by molar-refractivity contribution is -0.0349. The van der Waals surface area contributed by atoms with Crippen molar-refractivity contribution < 1.29 is 19.1 Å². The van der Waals surface area contributed by atoms with E-state index in [4.69, 9.17) is 0 Å². The molecule has 25 heavy (non-hydrogen) atoms. The summed E-state index contributed by atoms with van der Waals surface area (Å²) in [6.07, 6.45) is 3.76. The first-order valence-electron chi connectivity index (χ1n) is 8.07. The van der Waals surface area contributed by atoms with Crippen molar-refractivity contribution in [3.05, 3.63) is 48.1 Å². The number of oxime groups is 1. The third kappa shape index (κ3) is 2.80. The van der Waals surface area contributed by atoms with Gasteiger partial charge in [-0.25, -0.2) is 18.4 Å². The number of aliphatic hydroxyl groups is 1. The number of hydrogen-bond acceptors (Lipinski definition) is 5. The van der Waals surface area contributed by atoms with Gasteiger partial charge >= 0.3 is 0 Å². The minimum Gasteiger partial charge on any atom is -0.411 e. The Labute approximate surface area is 143 Å². The topological polar surface area (TPSA) is 83.5 Å². The molecule has 0 amide bonds. The smallest absolute Gasteiger partial charge is 0.137 e. The Morgan fingerprint density at radius 2 is 2.12 bits per heavy atom. The predicted octanol–water partition coefficient (Wildman–Crippen LogP) is 2.71. The van der Waals surface area contributed by atoms with Gasteiger partial charge in [0.25, 0.3) is 0 Å². The molecule has 0 bridgehead atoms. The minimum atomic E-state index is -1.76. The Kier molecular flexibility index (Phi) is 4.32. The molecule has 0 radical (unpaired) electrons. The molecule has 1 heterocycles. The average molecular weight is 350 g/mol. The summed E-state index contributed by atoms with van der Waals surface area (Å²) in [4.78, 5) is 3.85. The zero-order valence-electron chi connectivity index (χ0n) is 14.0. The molecule has 8 heteroatoms. The van der Waals surface area contributed by atoms with Gasteiger partial charge in [-0.05, 0) is 24.8 Å². The molecule has 1 aliphatic carbocycles. The van der Waals surface area contributed by atoms with Gasteiger partial charge in [0.2, 0.25) is 0 Å². The van der Waals surface area contributed by atoms with Crippen LogP contribution in [0, 0.1) is 23.0 Å². The first-order valence-corrected chi connectivity index (χ1v) is 8.07. The fourth-order valence-electron chi connectivity index (χ4n) is 3.64. The van der Waals surface area contributed by atoms with Crippen LogP contribution in [0.4, 0.5) is 8.78 Å². The van der Waals surface area contributed by atoms with Crippen LogP contribution < -0.4 is 0 Å². The van der Waals surface area contributed by atoms with Gasteiger partial charge in [-0.15, -0.1) is 0 Å². The second kappa shape index (κ2) is 6.18. The van der Waals surface area contributed by atoms with E-state index in [1.165, 1.54) is 23.4 Å². The lowest BCUT2D eigenvalue weighted by Crippen LogP contribution is -2.47. The molecule has 1 atom stereocenters. The quantitative estimate of drug-likeness (QED) is 0.477. The first kappa shape index (κ1) is 17.5. The van der Waals surface area contributed by atoms with Crippen molar-refractivity contribution in [2.24, 2.45) is 16.5 Å². The molecule has 2 aromatic rings. The van der Waals surface area contributed by atoms with Crippen LogP contribution in [-0.2, 0) is 12.1 Å². The van der Waals surface area contributed by atoms with Crippen molar-refractivity contribution >= 4 is 5.71 Å². The van der Waals surface area contributed by atoms with Crippen molar-refractivity contribution in [2.75, 3.05) is 0 Å². The van der Waals surface area contributed by atoms with Crippen LogP contribution in [-0.4, -0.2) is 30.8 Å². The Morgan fingerprint density at radius 3 is 2.60 bits per heavy atom. The summed E-state index contributed by atoms with van der Waals surface area (Å²) < 4.78 is 29.3. The maximum Gasteiger partial charge on any atom is 0.137 e. The summed E-state index contributed by atoms with van der Waals surface area (Å²) in [6.45, 7) is 3.58. The number of rotatable bonds is 6. The molecule has 1 saturated carbocycles. The monoisotopic (exact) mass is 350 g/mol. The predicted molar refractivity (Wildman–Crippen MR) is 86.0 cm³/mol. The van der Waals surface area contributed by atoms with E-state index in [1.54, 1.807) is 0 Å². The fourth-order valence-corrected chi connectivity index (χ4v) is 3.64. The molecule has 0 aliphatic heterocycles. The van der Waals surface area contributed by atoms with Gasteiger partial charge in [-0.3, -0.25) is 0 Å². The van der Waals surface area contributed by atoms with E-state index >= 15 is 0 Å². The average Bonchev–Trinajstić information content (AvgIpc) is 3.18. The number of benzene rings is 1. The lowest BCUT2D eigenvalue weighted by Gasteiger charge is -2.38. The van der Waals surface area contributed by atoms with Crippen LogP contribution in [0.3, 0.4) is 0 Å². The highest BCUT2D eigenvalue weighted by Crippen LogP contribution is 2.61. The van der Waals surface area contributed by atoms with Gasteiger partial charge in [0, 0.05) is 17.0 Å². The molecule has 1 aromatic carbocycles. The number of nitrogens with zero attached hydrogens (tertiary/aromatic N) is 4. The van der Waals surface area contributed by atoms with Gasteiger partial charge in [-0.1, -0.05) is 25.1 Å². The normalized spacial score (nSPS) is 19.0. The molecule has 1 unspecified atom stereocenters. The number of halogens is 2. The molecular weight excluding hydrogens is 330 g/mol. The van der Waals surface area contributed by atoms with Crippen LogP contribution in [0.2, 0.25) is 0 Å².